The molecule has 1 N–H and O–H groups in total. The zero-order valence-electron chi connectivity index (χ0n) is 11.3. The van der Waals surface area contributed by atoms with Crippen molar-refractivity contribution in [1.82, 2.24) is 0 Å². The summed E-state index contributed by atoms with van der Waals surface area (Å²) >= 11 is 0. The van der Waals surface area contributed by atoms with Crippen LogP contribution in [0.25, 0.3) is 0 Å². The second-order valence-corrected chi connectivity index (χ2v) is 5.95. The van der Waals surface area contributed by atoms with Gasteiger partial charge in [0.2, 0.25) is 0 Å². The van der Waals surface area contributed by atoms with Crippen molar-refractivity contribution in [2.24, 2.45) is 11.8 Å². The molecule has 1 aliphatic rings. The molecule has 2 unspecified atom stereocenters. The highest BCUT2D eigenvalue weighted by Crippen LogP contribution is 2.40. The Morgan fingerprint density at radius 2 is 1.94 bits per heavy atom. The summed E-state index contributed by atoms with van der Waals surface area (Å²) in [5.74, 6) is 1.03. The topological polar surface area (TPSA) is 20.2 Å². The molecule has 1 fully saturated rings. The summed E-state index contributed by atoms with van der Waals surface area (Å²) in [7, 11) is 0. The lowest BCUT2D eigenvalue weighted by molar-refractivity contribution is 0.0157. The van der Waals surface area contributed by atoms with Crippen LogP contribution in [-0.2, 0) is 5.60 Å². The van der Waals surface area contributed by atoms with Crippen LogP contribution in [0.5, 0.6) is 0 Å². The van der Waals surface area contributed by atoms with Gasteiger partial charge in [-0.2, -0.15) is 0 Å². The molecule has 100 valence electrons. The van der Waals surface area contributed by atoms with Crippen molar-refractivity contribution in [3.63, 3.8) is 0 Å². The maximum Gasteiger partial charge on any atom is 0.129 e. The second kappa shape index (κ2) is 5.40. The van der Waals surface area contributed by atoms with Crippen LogP contribution in [0, 0.1) is 17.7 Å². The molecular weight excluding hydrogens is 227 g/mol. The van der Waals surface area contributed by atoms with E-state index in [1.54, 1.807) is 18.2 Å². The third kappa shape index (κ3) is 2.74. The summed E-state index contributed by atoms with van der Waals surface area (Å²) in [6, 6.07) is 6.65. The first kappa shape index (κ1) is 13.5. The van der Waals surface area contributed by atoms with Crippen molar-refractivity contribution in [2.75, 3.05) is 0 Å². The van der Waals surface area contributed by atoms with Gasteiger partial charge in [0.05, 0.1) is 5.60 Å². The lowest BCUT2D eigenvalue weighted by Gasteiger charge is -2.28. The van der Waals surface area contributed by atoms with Crippen LogP contribution in [0.1, 0.15) is 51.5 Å². The van der Waals surface area contributed by atoms with E-state index in [0.29, 0.717) is 30.2 Å². The SMILES string of the molecule is CC(C)C1CCCC(O)(c2ccccc2F)CC1. The van der Waals surface area contributed by atoms with Crippen LogP contribution >= 0.6 is 0 Å². The van der Waals surface area contributed by atoms with E-state index in [4.69, 9.17) is 0 Å². The number of rotatable bonds is 2. The smallest absolute Gasteiger partial charge is 0.129 e. The van der Waals surface area contributed by atoms with Gasteiger partial charge in [-0.1, -0.05) is 38.5 Å². The summed E-state index contributed by atoms with van der Waals surface area (Å²) in [5, 5.41) is 10.8. The number of aliphatic hydroxyl groups is 1. The summed E-state index contributed by atoms with van der Waals surface area (Å²) in [4.78, 5) is 0. The summed E-state index contributed by atoms with van der Waals surface area (Å²) in [6.45, 7) is 4.47. The Labute approximate surface area is 109 Å². The number of halogens is 1. The van der Waals surface area contributed by atoms with E-state index in [-0.39, 0.29) is 5.82 Å². The normalized spacial score (nSPS) is 29.3. The molecule has 0 spiro atoms. The molecule has 1 nitrogen and oxygen atoms in total. The van der Waals surface area contributed by atoms with Crippen LogP contribution in [0.2, 0.25) is 0 Å². The van der Waals surface area contributed by atoms with E-state index >= 15 is 0 Å². The van der Waals surface area contributed by atoms with Crippen LogP contribution < -0.4 is 0 Å². The Morgan fingerprint density at radius 3 is 2.61 bits per heavy atom. The Bertz CT molecular complexity index is 402. The molecule has 0 radical (unpaired) electrons. The lowest BCUT2D eigenvalue weighted by Crippen LogP contribution is -2.26. The molecular formula is C16H23FO. The monoisotopic (exact) mass is 250 g/mol. The van der Waals surface area contributed by atoms with Crippen LogP contribution in [-0.4, -0.2) is 5.11 Å². The molecule has 0 saturated heterocycles. The minimum atomic E-state index is -0.963. The fourth-order valence-electron chi connectivity index (χ4n) is 3.12. The average molecular weight is 250 g/mol. The molecule has 0 heterocycles. The molecule has 2 atom stereocenters. The third-order valence-corrected chi connectivity index (χ3v) is 4.41. The van der Waals surface area contributed by atoms with Crippen molar-refractivity contribution in [3.8, 4) is 0 Å². The van der Waals surface area contributed by atoms with E-state index < -0.39 is 5.60 Å². The second-order valence-electron chi connectivity index (χ2n) is 5.95. The van der Waals surface area contributed by atoms with Gasteiger partial charge >= 0.3 is 0 Å². The number of hydrogen-bond acceptors (Lipinski definition) is 1. The van der Waals surface area contributed by atoms with Crippen LogP contribution in [0.4, 0.5) is 4.39 Å². The molecule has 1 aromatic rings. The van der Waals surface area contributed by atoms with Gasteiger partial charge in [0.15, 0.2) is 0 Å². The zero-order valence-corrected chi connectivity index (χ0v) is 11.3. The Balaban J connectivity index is 2.19. The van der Waals surface area contributed by atoms with Crippen molar-refractivity contribution >= 4 is 0 Å². The van der Waals surface area contributed by atoms with Crippen molar-refractivity contribution in [1.29, 1.82) is 0 Å². The van der Waals surface area contributed by atoms with E-state index in [9.17, 15) is 9.50 Å². The van der Waals surface area contributed by atoms with E-state index in [1.807, 2.05) is 0 Å². The predicted molar refractivity (Wildman–Crippen MR) is 71.7 cm³/mol. The first-order chi connectivity index (χ1) is 8.53. The highest BCUT2D eigenvalue weighted by molar-refractivity contribution is 5.24. The fourth-order valence-corrected chi connectivity index (χ4v) is 3.12. The third-order valence-electron chi connectivity index (χ3n) is 4.41. The molecule has 0 aliphatic heterocycles. The molecule has 0 aromatic heterocycles. The Morgan fingerprint density at radius 1 is 1.22 bits per heavy atom. The largest absolute Gasteiger partial charge is 0.385 e. The standard InChI is InChI=1S/C16H23FO/c1-12(2)13-6-5-10-16(18,11-9-13)14-7-3-4-8-15(14)17/h3-4,7-8,12-13,18H,5-6,9-11H2,1-2H3. The predicted octanol–water partition coefficient (Wildman–Crippen LogP) is 4.25. The van der Waals surface area contributed by atoms with Gasteiger partial charge in [-0.25, -0.2) is 4.39 Å². The molecule has 18 heavy (non-hydrogen) atoms. The van der Waals surface area contributed by atoms with Gasteiger partial charge in [0.1, 0.15) is 5.82 Å². The molecule has 2 rings (SSSR count). The lowest BCUT2D eigenvalue weighted by atomic mass is 9.84. The molecule has 2 heteroatoms. The number of benzene rings is 1. The summed E-state index contributed by atoms with van der Waals surface area (Å²) in [6.07, 6.45) is 4.47. The van der Waals surface area contributed by atoms with Gasteiger partial charge in [0.25, 0.3) is 0 Å². The highest BCUT2D eigenvalue weighted by atomic mass is 19.1. The molecule has 1 aliphatic carbocycles. The maximum absolute atomic E-state index is 13.8. The van der Waals surface area contributed by atoms with Gasteiger partial charge in [-0.3, -0.25) is 0 Å². The summed E-state index contributed by atoms with van der Waals surface area (Å²) < 4.78 is 13.8. The Kier molecular flexibility index (Phi) is 4.06. The van der Waals surface area contributed by atoms with Crippen LogP contribution in [0.3, 0.4) is 0 Å². The average Bonchev–Trinajstić information content (AvgIpc) is 2.52. The van der Waals surface area contributed by atoms with E-state index in [0.717, 1.165) is 19.3 Å². The van der Waals surface area contributed by atoms with Crippen LogP contribution in [0.15, 0.2) is 24.3 Å². The highest BCUT2D eigenvalue weighted by Gasteiger charge is 2.34. The first-order valence-corrected chi connectivity index (χ1v) is 7.00. The molecule has 1 saturated carbocycles. The van der Waals surface area contributed by atoms with E-state index in [2.05, 4.69) is 13.8 Å². The maximum atomic E-state index is 13.8. The van der Waals surface area contributed by atoms with Gasteiger partial charge in [0, 0.05) is 5.56 Å². The van der Waals surface area contributed by atoms with Gasteiger partial charge in [-0.05, 0) is 43.6 Å². The zero-order chi connectivity index (χ0) is 13.2. The van der Waals surface area contributed by atoms with E-state index in [1.165, 1.54) is 6.07 Å². The minimum absolute atomic E-state index is 0.275. The van der Waals surface area contributed by atoms with Crippen molar-refractivity contribution in [3.05, 3.63) is 35.6 Å². The molecule has 0 bridgehead atoms. The Hall–Kier alpha value is -0.890. The fraction of sp³-hybridized carbons (Fsp3) is 0.625. The van der Waals surface area contributed by atoms with Gasteiger partial charge < -0.3 is 5.11 Å². The molecule has 0 amide bonds. The first-order valence-electron chi connectivity index (χ1n) is 7.00. The number of hydrogen-bond donors (Lipinski definition) is 1. The van der Waals surface area contributed by atoms with Gasteiger partial charge in [-0.15, -0.1) is 0 Å². The summed E-state index contributed by atoms with van der Waals surface area (Å²) in [5.41, 5.74) is -0.482. The van der Waals surface area contributed by atoms with Crippen molar-refractivity contribution in [2.45, 2.75) is 51.6 Å². The van der Waals surface area contributed by atoms with Crippen molar-refractivity contribution < 1.29 is 9.50 Å². The molecule has 1 aromatic carbocycles. The quantitative estimate of drug-likeness (QED) is 0.778. The minimum Gasteiger partial charge on any atom is -0.385 e.